The van der Waals surface area contributed by atoms with Crippen molar-refractivity contribution in [2.24, 2.45) is 0 Å². The summed E-state index contributed by atoms with van der Waals surface area (Å²) in [7, 11) is 3.00. The van der Waals surface area contributed by atoms with Crippen LogP contribution in [0.2, 0.25) is 0 Å². The minimum absolute atomic E-state index is 0. The fourth-order valence-corrected chi connectivity index (χ4v) is 2.75. The van der Waals surface area contributed by atoms with Crippen molar-refractivity contribution in [1.82, 2.24) is 0 Å². The molecule has 0 aromatic carbocycles. The molecule has 3 nitrogen and oxygen atoms in total. The second-order valence-corrected chi connectivity index (χ2v) is 3.86. The minimum atomic E-state index is 0. The summed E-state index contributed by atoms with van der Waals surface area (Å²) in [6.07, 6.45) is 10.8. The molecule has 3 rings (SSSR count). The van der Waals surface area contributed by atoms with Crippen LogP contribution in [0.25, 0.3) is 0 Å². The van der Waals surface area contributed by atoms with Crippen LogP contribution in [0.5, 0.6) is 0 Å². The minimum Gasteiger partial charge on any atom is -0.400 e. The van der Waals surface area contributed by atoms with Crippen LogP contribution in [0.1, 0.15) is 38.5 Å². The number of aliphatic hydroxyl groups excluding tert-OH is 3. The van der Waals surface area contributed by atoms with Crippen molar-refractivity contribution < 1.29 is 37.0 Å². The van der Waals surface area contributed by atoms with E-state index in [0.717, 1.165) is 21.3 Å². The van der Waals surface area contributed by atoms with Crippen LogP contribution in [0.15, 0.2) is 0 Å². The van der Waals surface area contributed by atoms with E-state index < -0.39 is 0 Å². The molecule has 4 heteroatoms. The Morgan fingerprint density at radius 1 is 0.667 bits per heavy atom. The maximum atomic E-state index is 7.00. The van der Waals surface area contributed by atoms with Gasteiger partial charge in [0.25, 0.3) is 0 Å². The van der Waals surface area contributed by atoms with Crippen LogP contribution < -0.4 is 0 Å². The molecule has 3 aliphatic carbocycles. The van der Waals surface area contributed by atoms with Crippen LogP contribution in [0, 0.1) is 30.1 Å². The zero-order chi connectivity index (χ0) is 13.3. The van der Waals surface area contributed by atoms with Crippen LogP contribution in [0.4, 0.5) is 0 Å². The third-order valence-corrected chi connectivity index (χ3v) is 3.23. The molecule has 0 atom stereocenters. The van der Waals surface area contributed by atoms with Crippen molar-refractivity contribution in [1.29, 1.82) is 0 Å². The molecule has 0 spiro atoms. The number of fused-ring (bicyclic) bond motifs is 3. The van der Waals surface area contributed by atoms with E-state index in [-0.39, 0.29) is 21.7 Å². The molecule has 0 aromatic rings. The SMILES string of the molecule is CO.CO.CO.[CH]1[C]2CCC[C]2[C]2CCC[C]12.[Ti]. The Morgan fingerprint density at radius 3 is 1.33 bits per heavy atom. The van der Waals surface area contributed by atoms with Crippen LogP contribution in [0.3, 0.4) is 0 Å². The third kappa shape index (κ3) is 4.94. The Hall–Kier alpha value is 0.594. The van der Waals surface area contributed by atoms with E-state index in [0.29, 0.717) is 0 Å². The smallest absolute Gasteiger partial charge is 0.0319 e. The van der Waals surface area contributed by atoms with Gasteiger partial charge in [0.15, 0.2) is 0 Å². The Bertz CT molecular complexity index is 160. The summed E-state index contributed by atoms with van der Waals surface area (Å²) in [6, 6.07) is 0. The normalized spacial score (nSPS) is 22.3. The van der Waals surface area contributed by atoms with Crippen LogP contribution >= 0.6 is 0 Å². The van der Waals surface area contributed by atoms with Crippen molar-refractivity contribution >= 4 is 0 Å². The van der Waals surface area contributed by atoms with Crippen molar-refractivity contribution in [3.63, 3.8) is 0 Å². The molecule has 0 amide bonds. The summed E-state index contributed by atoms with van der Waals surface area (Å²) in [5, 5.41) is 21.0. The first-order valence-corrected chi connectivity index (χ1v) is 6.08. The Balaban J connectivity index is 0. The maximum absolute atomic E-state index is 7.00. The van der Waals surface area contributed by atoms with Gasteiger partial charge >= 0.3 is 0 Å². The predicted molar refractivity (Wildman–Crippen MR) is 69.4 cm³/mol. The van der Waals surface area contributed by atoms with Gasteiger partial charge in [-0.2, -0.15) is 0 Å². The first-order chi connectivity index (χ1) is 8.45. The first-order valence-electron chi connectivity index (χ1n) is 6.08. The van der Waals surface area contributed by atoms with Crippen molar-refractivity contribution in [3.05, 3.63) is 30.1 Å². The summed E-state index contributed by atoms with van der Waals surface area (Å²) in [5.74, 6) is 6.87. The first kappa shape index (κ1) is 20.9. The number of hydrogen-bond acceptors (Lipinski definition) is 3. The molecule has 18 heavy (non-hydrogen) atoms. The number of aliphatic hydroxyl groups is 3. The zero-order valence-electron chi connectivity index (χ0n) is 11.7. The molecule has 3 saturated carbocycles. The van der Waals surface area contributed by atoms with E-state index in [1.165, 1.54) is 38.5 Å². The molecule has 3 aliphatic rings. The molecule has 0 heterocycles. The molecular weight excluding hydrogens is 264 g/mol. The van der Waals surface area contributed by atoms with Crippen molar-refractivity contribution in [3.8, 4) is 0 Å². The predicted octanol–water partition coefficient (Wildman–Crippen LogP) is 1.69. The Kier molecular flexibility index (Phi) is 14.7. The van der Waals surface area contributed by atoms with Crippen LogP contribution in [-0.4, -0.2) is 36.6 Å². The average Bonchev–Trinajstić information content (AvgIpc) is 3.09. The summed E-state index contributed by atoms with van der Waals surface area (Å²) in [5.41, 5.74) is 0. The molecule has 103 valence electrons. The molecule has 0 unspecified atom stereocenters. The Morgan fingerprint density at radius 2 is 1.00 bits per heavy atom. The number of rotatable bonds is 0. The van der Waals surface area contributed by atoms with E-state index in [9.17, 15) is 0 Å². The molecule has 5 radical (unpaired) electrons. The van der Waals surface area contributed by atoms with Crippen LogP contribution in [-0.2, 0) is 21.7 Å². The summed E-state index contributed by atoms with van der Waals surface area (Å²) in [4.78, 5) is 0. The quantitative estimate of drug-likeness (QED) is 0.595. The molecule has 0 aromatic heterocycles. The molecular formula is C14H25O3Ti. The molecule has 0 bridgehead atoms. The van der Waals surface area contributed by atoms with Gasteiger partial charge in [-0.25, -0.2) is 0 Å². The third-order valence-electron chi connectivity index (χ3n) is 3.23. The summed E-state index contributed by atoms with van der Waals surface area (Å²) >= 11 is 0. The van der Waals surface area contributed by atoms with Gasteiger partial charge in [0.2, 0.25) is 0 Å². The maximum Gasteiger partial charge on any atom is 0.0319 e. The van der Waals surface area contributed by atoms with Gasteiger partial charge in [-0.15, -0.1) is 0 Å². The van der Waals surface area contributed by atoms with E-state index in [2.05, 4.69) is 6.42 Å². The Labute approximate surface area is 127 Å². The summed E-state index contributed by atoms with van der Waals surface area (Å²) in [6.45, 7) is 0. The largest absolute Gasteiger partial charge is 0.400 e. The fourth-order valence-electron chi connectivity index (χ4n) is 2.75. The van der Waals surface area contributed by atoms with Crippen molar-refractivity contribution in [2.75, 3.05) is 21.3 Å². The van der Waals surface area contributed by atoms with E-state index in [1.807, 2.05) is 0 Å². The van der Waals surface area contributed by atoms with E-state index in [1.54, 1.807) is 23.7 Å². The van der Waals surface area contributed by atoms with Gasteiger partial charge in [0.05, 0.1) is 0 Å². The monoisotopic (exact) mass is 289 g/mol. The van der Waals surface area contributed by atoms with Gasteiger partial charge in [-0.1, -0.05) is 12.8 Å². The fraction of sp³-hybridized carbons (Fsp3) is 0.643. The molecule has 3 fully saturated rings. The second kappa shape index (κ2) is 12.6. The number of hydrogen-bond donors (Lipinski definition) is 3. The van der Waals surface area contributed by atoms with E-state index in [4.69, 9.17) is 15.3 Å². The topological polar surface area (TPSA) is 60.7 Å². The van der Waals surface area contributed by atoms with Gasteiger partial charge in [-0.05, 0) is 55.8 Å². The second-order valence-electron chi connectivity index (χ2n) is 3.86. The standard InChI is InChI=1S/C11H13.3CH4O.Ti/c1-3-8-7-9-4-2-6-11(9)10(8)5-1;3*1-2;/h7H,1-6H2;3*2H,1H3;. The zero-order valence-corrected chi connectivity index (χ0v) is 13.2. The average molecular weight is 289 g/mol. The van der Waals surface area contributed by atoms with Crippen molar-refractivity contribution in [2.45, 2.75) is 38.5 Å². The van der Waals surface area contributed by atoms with Gasteiger partial charge in [0.1, 0.15) is 0 Å². The van der Waals surface area contributed by atoms with Gasteiger partial charge in [-0.3, -0.25) is 0 Å². The summed E-state index contributed by atoms with van der Waals surface area (Å²) < 4.78 is 0. The molecule has 3 N–H and O–H groups in total. The van der Waals surface area contributed by atoms with E-state index >= 15 is 0 Å². The van der Waals surface area contributed by atoms with Gasteiger partial charge < -0.3 is 15.3 Å². The van der Waals surface area contributed by atoms with Gasteiger partial charge in [0, 0.05) is 43.0 Å². The molecule has 0 aliphatic heterocycles. The molecule has 0 saturated heterocycles.